The second kappa shape index (κ2) is 2.41. The lowest BCUT2D eigenvalue weighted by atomic mass is 9.95. The van der Waals surface area contributed by atoms with E-state index in [0.29, 0.717) is 11.3 Å². The van der Waals surface area contributed by atoms with Crippen LogP contribution >= 0.6 is 0 Å². The highest BCUT2D eigenvalue weighted by atomic mass is 16.1. The number of hydrogen-bond donors (Lipinski definition) is 1. The summed E-state index contributed by atoms with van der Waals surface area (Å²) < 4.78 is 0. The Morgan fingerprint density at radius 1 is 1.00 bits per heavy atom. The summed E-state index contributed by atoms with van der Waals surface area (Å²) in [6.45, 7) is 0. The number of ketones is 1. The highest BCUT2D eigenvalue weighted by Gasteiger charge is 2.14. The second-order valence-electron chi connectivity index (χ2n) is 2.66. The lowest BCUT2D eigenvalue weighted by Crippen LogP contribution is -2.10. The molecule has 0 fully saturated rings. The van der Waals surface area contributed by atoms with Gasteiger partial charge in [0.05, 0.1) is 5.71 Å². The van der Waals surface area contributed by atoms with Crippen LogP contribution in [0.4, 0.5) is 0 Å². The van der Waals surface area contributed by atoms with Gasteiger partial charge in [0, 0.05) is 11.1 Å². The van der Waals surface area contributed by atoms with Gasteiger partial charge in [0.1, 0.15) is 0 Å². The van der Waals surface area contributed by atoms with E-state index in [2.05, 4.69) is 0 Å². The van der Waals surface area contributed by atoms with Crippen LogP contribution in [0.2, 0.25) is 0 Å². The molecule has 1 N–H and O–H groups in total. The molecule has 58 valence electrons. The van der Waals surface area contributed by atoms with Crippen molar-refractivity contribution < 1.29 is 4.79 Å². The maximum atomic E-state index is 11.2. The van der Waals surface area contributed by atoms with Gasteiger partial charge in [0.2, 0.25) is 0 Å². The van der Waals surface area contributed by atoms with Crippen LogP contribution in [0.5, 0.6) is 0 Å². The molecular weight excluding hydrogens is 150 g/mol. The van der Waals surface area contributed by atoms with Gasteiger partial charge in [0.15, 0.2) is 5.78 Å². The number of allylic oxidation sites excluding steroid dienone is 2. The Hall–Kier alpha value is -1.70. The SMILES string of the molecule is N=C1C=CC(=O)c2ccccc21. The van der Waals surface area contributed by atoms with Crippen LogP contribution in [0.25, 0.3) is 0 Å². The molecule has 2 heteroatoms. The highest BCUT2D eigenvalue weighted by molar-refractivity contribution is 6.22. The van der Waals surface area contributed by atoms with Gasteiger partial charge in [-0.05, 0) is 12.2 Å². The molecule has 0 unspecified atom stereocenters. The van der Waals surface area contributed by atoms with E-state index >= 15 is 0 Å². The van der Waals surface area contributed by atoms with Crippen LogP contribution in [0.3, 0.4) is 0 Å². The van der Waals surface area contributed by atoms with Gasteiger partial charge < -0.3 is 5.41 Å². The number of nitrogens with one attached hydrogen (secondary N) is 1. The third-order valence-electron chi connectivity index (χ3n) is 1.88. The minimum atomic E-state index is -0.0124. The van der Waals surface area contributed by atoms with Crippen molar-refractivity contribution in [2.45, 2.75) is 0 Å². The second-order valence-corrected chi connectivity index (χ2v) is 2.66. The number of rotatable bonds is 0. The first kappa shape index (κ1) is 6.98. The maximum Gasteiger partial charge on any atom is 0.186 e. The van der Waals surface area contributed by atoms with E-state index in [1.54, 1.807) is 12.1 Å². The molecular formula is C10H7NO. The van der Waals surface area contributed by atoms with Crippen molar-refractivity contribution in [2.24, 2.45) is 0 Å². The van der Waals surface area contributed by atoms with Crippen molar-refractivity contribution in [3.05, 3.63) is 47.5 Å². The van der Waals surface area contributed by atoms with E-state index in [-0.39, 0.29) is 5.78 Å². The molecule has 1 aromatic rings. The average molecular weight is 157 g/mol. The zero-order valence-corrected chi connectivity index (χ0v) is 6.37. The Balaban J connectivity index is 2.69. The van der Waals surface area contributed by atoms with Crippen LogP contribution in [0.15, 0.2) is 36.4 Å². The van der Waals surface area contributed by atoms with Gasteiger partial charge >= 0.3 is 0 Å². The fourth-order valence-corrected chi connectivity index (χ4v) is 1.27. The van der Waals surface area contributed by atoms with E-state index < -0.39 is 0 Å². The Kier molecular flexibility index (Phi) is 1.40. The molecule has 0 amide bonds. The number of carbonyl (C=O) groups is 1. The first-order valence-corrected chi connectivity index (χ1v) is 3.69. The van der Waals surface area contributed by atoms with Crippen LogP contribution in [0, 0.1) is 5.41 Å². The normalized spacial score (nSPS) is 14.7. The molecule has 0 heterocycles. The van der Waals surface area contributed by atoms with Crippen molar-refractivity contribution >= 4 is 11.5 Å². The molecule has 2 nitrogen and oxygen atoms in total. The average Bonchev–Trinajstić information content (AvgIpc) is 2.12. The lowest BCUT2D eigenvalue weighted by molar-refractivity contribution is 0.104. The van der Waals surface area contributed by atoms with E-state index in [0.717, 1.165) is 5.56 Å². The first-order chi connectivity index (χ1) is 5.79. The molecule has 0 saturated heterocycles. The molecule has 12 heavy (non-hydrogen) atoms. The molecule has 0 radical (unpaired) electrons. The van der Waals surface area contributed by atoms with Gasteiger partial charge in [-0.3, -0.25) is 4.79 Å². The molecule has 2 rings (SSSR count). The molecule has 0 spiro atoms. The van der Waals surface area contributed by atoms with Crippen molar-refractivity contribution in [3.8, 4) is 0 Å². The standard InChI is InChI=1S/C10H7NO/c11-9-5-6-10(12)8-4-2-1-3-7(8)9/h1-6,11H. The Morgan fingerprint density at radius 3 is 2.33 bits per heavy atom. The number of fused-ring (bicyclic) bond motifs is 1. The summed E-state index contributed by atoms with van der Waals surface area (Å²) in [5.41, 5.74) is 1.76. The van der Waals surface area contributed by atoms with Crippen molar-refractivity contribution in [1.82, 2.24) is 0 Å². The molecule has 0 atom stereocenters. The summed E-state index contributed by atoms with van der Waals surface area (Å²) in [6.07, 6.45) is 2.97. The zero-order chi connectivity index (χ0) is 8.55. The van der Waals surface area contributed by atoms with Gasteiger partial charge in [-0.15, -0.1) is 0 Å². The topological polar surface area (TPSA) is 40.9 Å². The monoisotopic (exact) mass is 157 g/mol. The van der Waals surface area contributed by atoms with E-state index in [4.69, 9.17) is 5.41 Å². The summed E-state index contributed by atoms with van der Waals surface area (Å²) in [7, 11) is 0. The summed E-state index contributed by atoms with van der Waals surface area (Å²) in [6, 6.07) is 7.18. The predicted molar refractivity (Wildman–Crippen MR) is 46.7 cm³/mol. The summed E-state index contributed by atoms with van der Waals surface area (Å²) in [5, 5.41) is 7.52. The van der Waals surface area contributed by atoms with Crippen molar-refractivity contribution in [1.29, 1.82) is 5.41 Å². The largest absolute Gasteiger partial charge is 0.300 e. The summed E-state index contributed by atoms with van der Waals surface area (Å²) >= 11 is 0. The van der Waals surface area contributed by atoms with Gasteiger partial charge in [0.25, 0.3) is 0 Å². The van der Waals surface area contributed by atoms with Gasteiger partial charge in [-0.1, -0.05) is 24.3 Å². The fourth-order valence-electron chi connectivity index (χ4n) is 1.27. The summed E-state index contributed by atoms with van der Waals surface area (Å²) in [5.74, 6) is -0.0124. The molecule has 1 aliphatic carbocycles. The zero-order valence-electron chi connectivity index (χ0n) is 6.37. The summed E-state index contributed by atoms with van der Waals surface area (Å²) in [4.78, 5) is 11.2. The van der Waals surface area contributed by atoms with Gasteiger partial charge in [-0.2, -0.15) is 0 Å². The molecule has 0 bridgehead atoms. The smallest absolute Gasteiger partial charge is 0.186 e. The molecule has 1 aliphatic rings. The maximum absolute atomic E-state index is 11.2. The number of carbonyl (C=O) groups excluding carboxylic acids is 1. The quantitative estimate of drug-likeness (QED) is 0.613. The van der Waals surface area contributed by atoms with Gasteiger partial charge in [-0.25, -0.2) is 0 Å². The minimum absolute atomic E-state index is 0.0124. The Bertz CT molecular complexity index is 354. The molecule has 0 saturated carbocycles. The molecule has 0 aliphatic heterocycles. The molecule has 0 aromatic heterocycles. The van der Waals surface area contributed by atoms with E-state index in [9.17, 15) is 4.79 Å². The minimum Gasteiger partial charge on any atom is -0.300 e. The Morgan fingerprint density at radius 2 is 1.67 bits per heavy atom. The number of benzene rings is 1. The van der Waals surface area contributed by atoms with Crippen molar-refractivity contribution in [3.63, 3.8) is 0 Å². The lowest BCUT2D eigenvalue weighted by Gasteiger charge is -2.08. The van der Waals surface area contributed by atoms with E-state index in [1.165, 1.54) is 12.2 Å². The third kappa shape index (κ3) is 0.889. The molecule has 1 aromatic carbocycles. The van der Waals surface area contributed by atoms with Crippen LogP contribution in [0.1, 0.15) is 15.9 Å². The highest BCUT2D eigenvalue weighted by Crippen LogP contribution is 2.15. The third-order valence-corrected chi connectivity index (χ3v) is 1.88. The van der Waals surface area contributed by atoms with Crippen molar-refractivity contribution in [2.75, 3.05) is 0 Å². The fraction of sp³-hybridized carbons (Fsp3) is 0. The predicted octanol–water partition coefficient (Wildman–Crippen LogP) is 1.81. The van der Waals surface area contributed by atoms with Crippen LogP contribution in [-0.2, 0) is 0 Å². The van der Waals surface area contributed by atoms with Crippen LogP contribution < -0.4 is 0 Å². The van der Waals surface area contributed by atoms with Crippen LogP contribution in [-0.4, -0.2) is 11.5 Å². The van der Waals surface area contributed by atoms with E-state index in [1.807, 2.05) is 12.1 Å². The number of hydrogen-bond acceptors (Lipinski definition) is 2. The first-order valence-electron chi connectivity index (χ1n) is 3.69. The Labute approximate surface area is 70.0 Å².